The third-order valence-corrected chi connectivity index (χ3v) is 7.14. The summed E-state index contributed by atoms with van der Waals surface area (Å²) in [7, 11) is -3.32. The van der Waals surface area contributed by atoms with Crippen LogP contribution in [0.1, 0.15) is 41.6 Å². The van der Waals surface area contributed by atoms with E-state index in [1.807, 2.05) is 48.6 Å². The van der Waals surface area contributed by atoms with E-state index in [1.54, 1.807) is 12.1 Å². The lowest BCUT2D eigenvalue weighted by atomic mass is 10.00. The first-order chi connectivity index (χ1) is 15.8. The van der Waals surface area contributed by atoms with Crippen molar-refractivity contribution in [3.8, 4) is 17.0 Å². The summed E-state index contributed by atoms with van der Waals surface area (Å²) in [5, 5.41) is 0. The van der Waals surface area contributed by atoms with Crippen molar-refractivity contribution in [2.24, 2.45) is 0 Å². The molecule has 0 fully saturated rings. The van der Waals surface area contributed by atoms with Crippen LogP contribution in [0.4, 0.5) is 0 Å². The summed E-state index contributed by atoms with van der Waals surface area (Å²) in [5.41, 5.74) is 5.68. The Hall–Kier alpha value is -3.49. The minimum absolute atomic E-state index is 0.0849. The van der Waals surface area contributed by atoms with E-state index in [-0.39, 0.29) is 17.1 Å². The van der Waals surface area contributed by atoms with Crippen LogP contribution < -0.4 is 4.74 Å². The van der Waals surface area contributed by atoms with Gasteiger partial charge in [0, 0.05) is 11.8 Å². The first kappa shape index (κ1) is 21.4. The number of ether oxygens (including phenoxy) is 2. The van der Waals surface area contributed by atoms with E-state index in [0.717, 1.165) is 28.8 Å². The molecule has 5 rings (SSSR count). The Morgan fingerprint density at radius 2 is 1.73 bits per heavy atom. The lowest BCUT2D eigenvalue weighted by Gasteiger charge is -2.17. The Morgan fingerprint density at radius 3 is 2.39 bits per heavy atom. The maximum atomic E-state index is 11.8. The third-order valence-electron chi connectivity index (χ3n) is 6.01. The zero-order valence-corrected chi connectivity index (χ0v) is 19.2. The van der Waals surface area contributed by atoms with Gasteiger partial charge in [0.15, 0.2) is 9.84 Å². The molecule has 0 saturated heterocycles. The molecule has 0 radical (unpaired) electrons. The second kappa shape index (κ2) is 7.83. The SMILES string of the molecule is Cc1nc2ccc(-c3ccc(S(C)(=O)=O)cc3)c(OC=O)n2c1[C@@H]1O[C@@H](C)c2ccccc21. The fourth-order valence-corrected chi connectivity index (χ4v) is 5.12. The molecule has 0 aliphatic carbocycles. The van der Waals surface area contributed by atoms with Crippen molar-refractivity contribution in [3.05, 3.63) is 83.2 Å². The van der Waals surface area contributed by atoms with Gasteiger partial charge in [0.1, 0.15) is 11.8 Å². The van der Waals surface area contributed by atoms with Crippen molar-refractivity contribution in [1.29, 1.82) is 0 Å². The summed E-state index contributed by atoms with van der Waals surface area (Å²) in [6.07, 6.45) is 0.706. The molecule has 2 aromatic heterocycles. The minimum atomic E-state index is -3.32. The topological polar surface area (TPSA) is 87.0 Å². The molecule has 1 aliphatic rings. The smallest absolute Gasteiger partial charge is 0.299 e. The van der Waals surface area contributed by atoms with Crippen LogP contribution in [-0.4, -0.2) is 30.5 Å². The van der Waals surface area contributed by atoms with Crippen LogP contribution in [0.15, 0.2) is 65.6 Å². The third kappa shape index (κ3) is 3.51. The fraction of sp³-hybridized carbons (Fsp3) is 0.200. The standard InChI is InChI=1S/C25H22N2O5S/c1-15-23(24-21-7-5-4-6-19(21)16(2)32-24)27-22(26-15)13-12-20(25(27)31-14-28)17-8-10-18(11-9-17)33(3,29)30/h4-14,16,24H,1-3H3/t16-,24+/m0/s1. The van der Waals surface area contributed by atoms with Gasteiger partial charge in [0.25, 0.3) is 6.47 Å². The molecule has 0 bridgehead atoms. The average molecular weight is 463 g/mol. The number of benzene rings is 2. The van der Waals surface area contributed by atoms with Gasteiger partial charge >= 0.3 is 0 Å². The highest BCUT2D eigenvalue weighted by Gasteiger charge is 2.34. The molecule has 0 amide bonds. The van der Waals surface area contributed by atoms with Crippen molar-refractivity contribution in [2.45, 2.75) is 31.0 Å². The van der Waals surface area contributed by atoms with E-state index in [9.17, 15) is 13.2 Å². The maximum absolute atomic E-state index is 11.8. The molecule has 7 nitrogen and oxygen atoms in total. The van der Waals surface area contributed by atoms with E-state index in [1.165, 1.54) is 12.1 Å². The summed E-state index contributed by atoms with van der Waals surface area (Å²) < 4.78 is 37.3. The van der Waals surface area contributed by atoms with Crippen molar-refractivity contribution in [2.75, 3.05) is 6.26 Å². The molecule has 2 aromatic carbocycles. The van der Waals surface area contributed by atoms with E-state index < -0.39 is 9.84 Å². The van der Waals surface area contributed by atoms with Crippen molar-refractivity contribution >= 4 is 22.0 Å². The Bertz CT molecular complexity index is 1490. The highest BCUT2D eigenvalue weighted by atomic mass is 32.2. The van der Waals surface area contributed by atoms with Crippen LogP contribution >= 0.6 is 0 Å². The summed E-state index contributed by atoms with van der Waals surface area (Å²) in [5.74, 6) is 0.297. The van der Waals surface area contributed by atoms with Gasteiger partial charge in [-0.15, -0.1) is 0 Å². The zero-order valence-electron chi connectivity index (χ0n) is 18.3. The van der Waals surface area contributed by atoms with Gasteiger partial charge in [-0.1, -0.05) is 36.4 Å². The van der Waals surface area contributed by atoms with Crippen molar-refractivity contribution in [1.82, 2.24) is 9.38 Å². The van der Waals surface area contributed by atoms with Crippen LogP contribution in [-0.2, 0) is 19.4 Å². The monoisotopic (exact) mass is 462 g/mol. The Labute approximate surface area is 191 Å². The molecule has 33 heavy (non-hydrogen) atoms. The zero-order chi connectivity index (χ0) is 23.3. The largest absolute Gasteiger partial charge is 0.410 e. The van der Waals surface area contributed by atoms with Gasteiger partial charge in [-0.25, -0.2) is 13.4 Å². The van der Waals surface area contributed by atoms with Gasteiger partial charge in [-0.3, -0.25) is 9.20 Å². The molecule has 0 N–H and O–H groups in total. The highest BCUT2D eigenvalue weighted by Crippen LogP contribution is 2.45. The van der Waals surface area contributed by atoms with Gasteiger partial charge in [0.05, 0.1) is 22.4 Å². The van der Waals surface area contributed by atoms with Gasteiger partial charge in [-0.2, -0.15) is 0 Å². The number of nitrogens with zero attached hydrogens (tertiary/aromatic N) is 2. The van der Waals surface area contributed by atoms with Crippen LogP contribution in [0, 0.1) is 6.92 Å². The number of carbonyl (C=O) groups excluding carboxylic acids is 1. The number of pyridine rings is 1. The number of imidazole rings is 1. The Balaban J connectivity index is 1.73. The molecule has 0 unspecified atom stereocenters. The number of aryl methyl sites for hydroxylation is 1. The van der Waals surface area contributed by atoms with E-state index in [2.05, 4.69) is 11.1 Å². The van der Waals surface area contributed by atoms with Crippen molar-refractivity contribution < 1.29 is 22.7 Å². The summed E-state index contributed by atoms with van der Waals surface area (Å²) >= 11 is 0. The maximum Gasteiger partial charge on any atom is 0.299 e. The summed E-state index contributed by atoms with van der Waals surface area (Å²) in [4.78, 5) is 16.4. The van der Waals surface area contributed by atoms with Crippen LogP contribution in [0.25, 0.3) is 16.8 Å². The summed E-state index contributed by atoms with van der Waals surface area (Å²) in [6, 6.07) is 18.2. The number of sulfone groups is 1. The van der Waals surface area contributed by atoms with Gasteiger partial charge in [0.2, 0.25) is 5.88 Å². The molecule has 1 aliphatic heterocycles. The second-order valence-electron chi connectivity index (χ2n) is 8.13. The second-order valence-corrected chi connectivity index (χ2v) is 10.1. The minimum Gasteiger partial charge on any atom is -0.410 e. The predicted octanol–water partition coefficient (Wildman–Crippen LogP) is 4.43. The number of hydrogen-bond donors (Lipinski definition) is 0. The lowest BCUT2D eigenvalue weighted by molar-refractivity contribution is -0.121. The lowest BCUT2D eigenvalue weighted by Crippen LogP contribution is -2.08. The number of fused-ring (bicyclic) bond motifs is 2. The molecule has 3 heterocycles. The first-order valence-corrected chi connectivity index (χ1v) is 12.4. The van der Waals surface area contributed by atoms with Crippen molar-refractivity contribution in [3.63, 3.8) is 0 Å². The molecule has 8 heteroatoms. The fourth-order valence-electron chi connectivity index (χ4n) is 4.49. The number of rotatable bonds is 5. The van der Waals surface area contributed by atoms with E-state index in [0.29, 0.717) is 29.1 Å². The van der Waals surface area contributed by atoms with Crippen LogP contribution in [0.3, 0.4) is 0 Å². The molecule has 0 saturated carbocycles. The molecule has 4 aromatic rings. The number of aromatic nitrogens is 2. The summed E-state index contributed by atoms with van der Waals surface area (Å²) in [6.45, 7) is 4.30. The number of carbonyl (C=O) groups is 1. The first-order valence-electron chi connectivity index (χ1n) is 10.5. The Morgan fingerprint density at radius 1 is 1.03 bits per heavy atom. The van der Waals surface area contributed by atoms with Gasteiger partial charge < -0.3 is 9.47 Å². The molecule has 168 valence electrons. The molecule has 2 atom stereocenters. The van der Waals surface area contributed by atoms with Crippen LogP contribution in [0.5, 0.6) is 5.88 Å². The quantitative estimate of drug-likeness (QED) is 0.408. The predicted molar refractivity (Wildman–Crippen MR) is 123 cm³/mol. The normalized spacial score (nSPS) is 17.8. The molecular weight excluding hydrogens is 440 g/mol. The van der Waals surface area contributed by atoms with E-state index >= 15 is 0 Å². The Kier molecular flexibility index (Phi) is 5.07. The number of hydrogen-bond acceptors (Lipinski definition) is 6. The van der Waals surface area contributed by atoms with Gasteiger partial charge in [-0.05, 0) is 54.8 Å². The molecular formula is C25H22N2O5S. The van der Waals surface area contributed by atoms with Crippen LogP contribution in [0.2, 0.25) is 0 Å². The van der Waals surface area contributed by atoms with E-state index in [4.69, 9.17) is 9.47 Å². The highest BCUT2D eigenvalue weighted by molar-refractivity contribution is 7.90. The average Bonchev–Trinajstić information content (AvgIpc) is 3.30. The molecule has 0 spiro atoms.